The van der Waals surface area contributed by atoms with Crippen LogP contribution in [-0.4, -0.2) is 57.2 Å². The number of para-hydroxylation sites is 1. The molecule has 0 spiro atoms. The zero-order valence-electron chi connectivity index (χ0n) is 16.8. The molecule has 0 bridgehead atoms. The molecule has 5 rings (SSSR count). The van der Waals surface area contributed by atoms with Gasteiger partial charge in [-0.05, 0) is 43.7 Å². The van der Waals surface area contributed by atoms with Crippen LogP contribution in [0.1, 0.15) is 12.0 Å². The lowest BCUT2D eigenvalue weighted by Gasteiger charge is -2.36. The molecule has 1 fully saturated rings. The summed E-state index contributed by atoms with van der Waals surface area (Å²) in [4.78, 5) is 13.9. The molecule has 4 aromatic rings. The number of furan rings is 1. The Morgan fingerprint density at radius 2 is 1.83 bits per heavy atom. The van der Waals surface area contributed by atoms with Crippen LogP contribution in [-0.2, 0) is 6.42 Å². The molecule has 2 N–H and O–H groups in total. The van der Waals surface area contributed by atoms with Crippen molar-refractivity contribution in [1.29, 1.82) is 0 Å². The average Bonchev–Trinajstić information content (AvgIpc) is 3.47. The second-order valence-electron chi connectivity index (χ2n) is 7.56. The van der Waals surface area contributed by atoms with Gasteiger partial charge in [0.25, 0.3) is 0 Å². The van der Waals surface area contributed by atoms with Crippen molar-refractivity contribution in [2.24, 2.45) is 0 Å². The second-order valence-corrected chi connectivity index (χ2v) is 7.56. The predicted octanol–water partition coefficient (Wildman–Crippen LogP) is 2.72. The van der Waals surface area contributed by atoms with E-state index in [1.807, 2.05) is 18.3 Å². The van der Waals surface area contributed by atoms with E-state index in [0.29, 0.717) is 17.5 Å². The molecule has 0 atom stereocenters. The smallest absolute Gasteiger partial charge is 0.223 e. The molecular weight excluding hydrogens is 378 g/mol. The van der Waals surface area contributed by atoms with Crippen LogP contribution in [0.15, 0.2) is 59.3 Å². The van der Waals surface area contributed by atoms with Gasteiger partial charge in [-0.3, -0.25) is 4.90 Å². The molecule has 1 aliphatic heterocycles. The Hall–Kier alpha value is -3.39. The highest BCUT2D eigenvalue weighted by Gasteiger charge is 2.18. The lowest BCUT2D eigenvalue weighted by molar-refractivity contribution is 0.255. The Morgan fingerprint density at radius 1 is 1.00 bits per heavy atom. The van der Waals surface area contributed by atoms with Crippen LogP contribution in [0, 0.1) is 0 Å². The molecule has 30 heavy (non-hydrogen) atoms. The summed E-state index contributed by atoms with van der Waals surface area (Å²) in [5.41, 5.74) is 9.12. The molecule has 1 saturated heterocycles. The highest BCUT2D eigenvalue weighted by Crippen LogP contribution is 2.21. The largest absolute Gasteiger partial charge is 0.461 e. The Labute approximate surface area is 174 Å². The number of aryl methyl sites for hydroxylation is 1. The van der Waals surface area contributed by atoms with Gasteiger partial charge in [-0.1, -0.05) is 18.2 Å². The predicted molar refractivity (Wildman–Crippen MR) is 116 cm³/mol. The van der Waals surface area contributed by atoms with Crippen molar-refractivity contribution in [2.75, 3.05) is 43.4 Å². The SMILES string of the molecule is Nc1ncc(CCCN2CCN(c3ccccc3)CC2)c2nc(-c3ccco3)nn12. The van der Waals surface area contributed by atoms with Gasteiger partial charge >= 0.3 is 0 Å². The first-order valence-electron chi connectivity index (χ1n) is 10.3. The Morgan fingerprint density at radius 3 is 2.60 bits per heavy atom. The fourth-order valence-electron chi connectivity index (χ4n) is 3.98. The minimum absolute atomic E-state index is 0.330. The van der Waals surface area contributed by atoms with Crippen molar-refractivity contribution in [3.8, 4) is 11.6 Å². The fraction of sp³-hybridized carbons (Fsp3) is 0.318. The normalized spacial score (nSPS) is 15.1. The maximum Gasteiger partial charge on any atom is 0.223 e. The van der Waals surface area contributed by atoms with Crippen LogP contribution in [0.5, 0.6) is 0 Å². The fourth-order valence-corrected chi connectivity index (χ4v) is 3.98. The first-order chi connectivity index (χ1) is 14.8. The number of anilines is 2. The van der Waals surface area contributed by atoms with E-state index in [0.717, 1.165) is 56.8 Å². The molecule has 8 nitrogen and oxygen atoms in total. The number of hydrogen-bond acceptors (Lipinski definition) is 7. The zero-order chi connectivity index (χ0) is 20.3. The summed E-state index contributed by atoms with van der Waals surface area (Å²) in [6.07, 6.45) is 5.35. The molecule has 1 aliphatic rings. The number of piperazine rings is 1. The van der Waals surface area contributed by atoms with Crippen LogP contribution in [0.25, 0.3) is 17.2 Å². The quantitative estimate of drug-likeness (QED) is 0.529. The van der Waals surface area contributed by atoms with Crippen molar-refractivity contribution in [1.82, 2.24) is 24.5 Å². The van der Waals surface area contributed by atoms with Crippen molar-refractivity contribution in [3.05, 3.63) is 60.5 Å². The van der Waals surface area contributed by atoms with Crippen molar-refractivity contribution < 1.29 is 4.42 Å². The van der Waals surface area contributed by atoms with Crippen LogP contribution >= 0.6 is 0 Å². The van der Waals surface area contributed by atoms with Gasteiger partial charge in [0.2, 0.25) is 11.8 Å². The van der Waals surface area contributed by atoms with Crippen molar-refractivity contribution in [3.63, 3.8) is 0 Å². The van der Waals surface area contributed by atoms with E-state index in [4.69, 9.17) is 10.2 Å². The first-order valence-corrected chi connectivity index (χ1v) is 10.3. The lowest BCUT2D eigenvalue weighted by atomic mass is 10.1. The lowest BCUT2D eigenvalue weighted by Crippen LogP contribution is -2.46. The topological polar surface area (TPSA) is 88.7 Å². The van der Waals surface area contributed by atoms with Crippen molar-refractivity contribution in [2.45, 2.75) is 12.8 Å². The Kier molecular flexibility index (Phi) is 5.06. The van der Waals surface area contributed by atoms with E-state index >= 15 is 0 Å². The highest BCUT2D eigenvalue weighted by atomic mass is 16.3. The number of benzene rings is 1. The summed E-state index contributed by atoms with van der Waals surface area (Å²) >= 11 is 0. The number of nitrogen functional groups attached to an aromatic ring is 1. The maximum atomic E-state index is 6.00. The summed E-state index contributed by atoms with van der Waals surface area (Å²) < 4.78 is 7.02. The average molecular weight is 403 g/mol. The van der Waals surface area contributed by atoms with E-state index in [1.54, 1.807) is 10.8 Å². The molecule has 1 aromatic carbocycles. The van der Waals surface area contributed by atoms with Gasteiger partial charge in [-0.25, -0.2) is 9.97 Å². The summed E-state index contributed by atoms with van der Waals surface area (Å²) in [5.74, 6) is 1.48. The summed E-state index contributed by atoms with van der Waals surface area (Å²) in [7, 11) is 0. The standard InChI is InChI=1S/C22H25N7O/c23-22-24-16-17(21-25-20(26-29(21)22)19-9-5-15-30-19)6-4-10-27-11-13-28(14-12-27)18-7-2-1-3-8-18/h1-3,5,7-9,15-16H,4,6,10-14H2,(H2,23,24). The molecule has 0 aliphatic carbocycles. The van der Waals surface area contributed by atoms with Gasteiger partial charge in [0.1, 0.15) is 0 Å². The van der Waals surface area contributed by atoms with E-state index in [-0.39, 0.29) is 0 Å². The Balaban J connectivity index is 1.20. The van der Waals surface area contributed by atoms with Gasteiger partial charge in [0.05, 0.1) is 6.26 Å². The van der Waals surface area contributed by atoms with E-state index in [2.05, 4.69) is 55.2 Å². The minimum Gasteiger partial charge on any atom is -0.461 e. The number of nitrogens with two attached hydrogens (primary N) is 1. The molecule has 8 heteroatoms. The van der Waals surface area contributed by atoms with Gasteiger partial charge in [-0.2, -0.15) is 4.52 Å². The van der Waals surface area contributed by atoms with Crippen LogP contribution in [0.2, 0.25) is 0 Å². The van der Waals surface area contributed by atoms with E-state index in [1.165, 1.54) is 5.69 Å². The van der Waals surface area contributed by atoms with Gasteiger partial charge in [-0.15, -0.1) is 5.10 Å². The van der Waals surface area contributed by atoms with E-state index in [9.17, 15) is 0 Å². The molecule has 3 aromatic heterocycles. The van der Waals surface area contributed by atoms with Gasteiger partial charge in [0.15, 0.2) is 11.4 Å². The molecule has 0 saturated carbocycles. The molecule has 0 unspecified atom stereocenters. The van der Waals surface area contributed by atoms with Crippen LogP contribution in [0.3, 0.4) is 0 Å². The van der Waals surface area contributed by atoms with Crippen LogP contribution < -0.4 is 10.6 Å². The van der Waals surface area contributed by atoms with Crippen LogP contribution in [0.4, 0.5) is 11.6 Å². The minimum atomic E-state index is 0.330. The third kappa shape index (κ3) is 3.73. The highest BCUT2D eigenvalue weighted by molar-refractivity contribution is 5.57. The third-order valence-electron chi connectivity index (χ3n) is 5.62. The first kappa shape index (κ1) is 18.6. The number of hydrogen-bond donors (Lipinski definition) is 1. The molecule has 4 heterocycles. The molecule has 154 valence electrons. The van der Waals surface area contributed by atoms with E-state index < -0.39 is 0 Å². The van der Waals surface area contributed by atoms with Gasteiger partial charge in [0, 0.05) is 43.6 Å². The zero-order valence-corrected chi connectivity index (χ0v) is 16.8. The summed E-state index contributed by atoms with van der Waals surface area (Å²) in [6.45, 7) is 5.34. The second kappa shape index (κ2) is 8.16. The van der Waals surface area contributed by atoms with Gasteiger partial charge < -0.3 is 15.1 Å². The monoisotopic (exact) mass is 403 g/mol. The number of rotatable bonds is 6. The number of aromatic nitrogens is 4. The number of nitrogens with zero attached hydrogens (tertiary/aromatic N) is 6. The molecule has 0 amide bonds. The summed E-state index contributed by atoms with van der Waals surface area (Å²) in [5, 5.41) is 4.46. The Bertz CT molecular complexity index is 1100. The number of fused-ring (bicyclic) bond motifs is 1. The molecular formula is C22H25N7O. The molecule has 0 radical (unpaired) electrons. The van der Waals surface area contributed by atoms with Crippen molar-refractivity contribution >= 4 is 17.3 Å². The maximum absolute atomic E-state index is 6.00. The third-order valence-corrected chi connectivity index (χ3v) is 5.62. The summed E-state index contributed by atoms with van der Waals surface area (Å²) in [6, 6.07) is 14.3.